The Balaban J connectivity index is 2.29. The van der Waals surface area contributed by atoms with Crippen LogP contribution in [0.5, 0.6) is 0 Å². The van der Waals surface area contributed by atoms with Gasteiger partial charge in [0.15, 0.2) is 0 Å². The highest BCUT2D eigenvalue weighted by atomic mass is 19.4. The van der Waals surface area contributed by atoms with Crippen LogP contribution in [0.2, 0.25) is 0 Å². The molecule has 1 nitrogen and oxygen atoms in total. The third-order valence-corrected chi connectivity index (χ3v) is 3.52. The van der Waals surface area contributed by atoms with Gasteiger partial charge in [0.05, 0.1) is 11.1 Å². The topological polar surface area (TPSA) is 12.0 Å². The van der Waals surface area contributed by atoms with Gasteiger partial charge in [-0.25, -0.2) is 0 Å². The Kier molecular flexibility index (Phi) is 4.24. The maximum atomic E-state index is 12.7. The Bertz CT molecular complexity index is 469. The predicted octanol–water partition coefficient (Wildman–Crippen LogP) is 4.78. The quantitative estimate of drug-likeness (QED) is 0.789. The molecule has 1 aromatic rings. The summed E-state index contributed by atoms with van der Waals surface area (Å²) in [6, 6.07) is 1.14. The average molecular weight is 311 g/mol. The van der Waals surface area contributed by atoms with Crippen molar-refractivity contribution in [2.24, 2.45) is 5.92 Å². The number of nitrogens with one attached hydrogen (secondary N) is 1. The van der Waals surface area contributed by atoms with E-state index in [0.29, 0.717) is 12.5 Å². The van der Waals surface area contributed by atoms with Crippen molar-refractivity contribution >= 4 is 0 Å². The first kappa shape index (κ1) is 16.1. The Morgan fingerprint density at radius 2 is 1.48 bits per heavy atom. The van der Waals surface area contributed by atoms with E-state index in [1.807, 2.05) is 0 Å². The molecule has 2 rings (SSSR count). The molecule has 1 aliphatic rings. The Labute approximate surface area is 118 Å². The van der Waals surface area contributed by atoms with E-state index in [1.165, 1.54) is 0 Å². The van der Waals surface area contributed by atoms with Gasteiger partial charge < -0.3 is 5.32 Å². The van der Waals surface area contributed by atoms with Gasteiger partial charge in [-0.1, -0.05) is 0 Å². The summed E-state index contributed by atoms with van der Waals surface area (Å²) in [4.78, 5) is 0. The molecule has 0 aromatic heterocycles. The first-order valence-corrected chi connectivity index (χ1v) is 6.60. The number of hydrogen-bond donors (Lipinski definition) is 1. The van der Waals surface area contributed by atoms with Crippen molar-refractivity contribution in [3.05, 3.63) is 34.9 Å². The van der Waals surface area contributed by atoms with E-state index in [-0.39, 0.29) is 11.6 Å². The number of halogens is 6. The smallest absolute Gasteiger partial charge is 0.310 e. The van der Waals surface area contributed by atoms with Gasteiger partial charge >= 0.3 is 12.4 Å². The third kappa shape index (κ3) is 4.36. The lowest BCUT2D eigenvalue weighted by Crippen LogP contribution is -2.22. The average Bonchev–Trinajstić information content (AvgIpc) is 3.17. The first-order valence-electron chi connectivity index (χ1n) is 6.60. The van der Waals surface area contributed by atoms with E-state index in [9.17, 15) is 26.3 Å². The molecule has 0 radical (unpaired) electrons. The van der Waals surface area contributed by atoms with Crippen molar-refractivity contribution in [2.45, 2.75) is 38.2 Å². The molecule has 7 heteroatoms. The Morgan fingerprint density at radius 1 is 1.00 bits per heavy atom. The predicted molar refractivity (Wildman–Crippen MR) is 65.6 cm³/mol. The van der Waals surface area contributed by atoms with E-state index < -0.39 is 29.5 Å². The zero-order valence-electron chi connectivity index (χ0n) is 11.3. The van der Waals surface area contributed by atoms with Crippen LogP contribution in [-0.4, -0.2) is 6.54 Å². The molecule has 0 saturated heterocycles. The second-order valence-corrected chi connectivity index (χ2v) is 5.41. The summed E-state index contributed by atoms with van der Waals surface area (Å²) in [5, 5.41) is 2.98. The van der Waals surface area contributed by atoms with Crippen molar-refractivity contribution < 1.29 is 26.3 Å². The standard InChI is InChI=1S/C14H15F6N/c1-8(21-7-9-2-3-9)10-4-11(13(15,16)17)6-12(5-10)14(18,19)20/h4-6,8-9,21H,2-3,7H2,1H3. The van der Waals surface area contributed by atoms with Crippen LogP contribution in [0.1, 0.15) is 42.5 Å². The Hall–Kier alpha value is -1.24. The molecule has 1 aromatic carbocycles. The second-order valence-electron chi connectivity index (χ2n) is 5.41. The van der Waals surface area contributed by atoms with Crippen molar-refractivity contribution in [1.82, 2.24) is 5.32 Å². The van der Waals surface area contributed by atoms with Crippen LogP contribution >= 0.6 is 0 Å². The summed E-state index contributed by atoms with van der Waals surface area (Å²) >= 11 is 0. The fourth-order valence-electron chi connectivity index (χ4n) is 2.01. The second kappa shape index (κ2) is 5.51. The molecule has 21 heavy (non-hydrogen) atoms. The molecule has 0 spiro atoms. The molecule has 0 amide bonds. The lowest BCUT2D eigenvalue weighted by molar-refractivity contribution is -0.143. The van der Waals surface area contributed by atoms with Gasteiger partial charge in [-0.3, -0.25) is 0 Å². The molecule has 0 heterocycles. The minimum absolute atomic E-state index is 0.00204. The molecule has 0 bridgehead atoms. The lowest BCUT2D eigenvalue weighted by Gasteiger charge is -2.19. The van der Waals surface area contributed by atoms with E-state index in [1.54, 1.807) is 6.92 Å². The van der Waals surface area contributed by atoms with Gasteiger partial charge in [0.1, 0.15) is 0 Å². The normalized spacial score (nSPS) is 17.9. The van der Waals surface area contributed by atoms with Crippen LogP contribution < -0.4 is 5.32 Å². The fourth-order valence-corrected chi connectivity index (χ4v) is 2.01. The van der Waals surface area contributed by atoms with E-state index in [0.717, 1.165) is 25.0 Å². The van der Waals surface area contributed by atoms with Gasteiger partial charge in [0.25, 0.3) is 0 Å². The molecule has 0 aliphatic heterocycles. The van der Waals surface area contributed by atoms with Crippen LogP contribution in [0.15, 0.2) is 18.2 Å². The van der Waals surface area contributed by atoms with E-state index in [2.05, 4.69) is 5.32 Å². The van der Waals surface area contributed by atoms with Gasteiger partial charge in [-0.05, 0) is 56.0 Å². The summed E-state index contributed by atoms with van der Waals surface area (Å²) in [5.74, 6) is 0.486. The van der Waals surface area contributed by atoms with Crippen molar-refractivity contribution in [1.29, 1.82) is 0 Å². The molecule has 1 saturated carbocycles. The highest BCUT2D eigenvalue weighted by molar-refractivity contribution is 5.35. The van der Waals surface area contributed by atoms with Crippen molar-refractivity contribution in [3.63, 3.8) is 0 Å². The van der Waals surface area contributed by atoms with Gasteiger partial charge in [-0.2, -0.15) is 26.3 Å². The molecule has 1 aliphatic carbocycles. The van der Waals surface area contributed by atoms with Crippen LogP contribution in [0.3, 0.4) is 0 Å². The molecular weight excluding hydrogens is 296 g/mol. The monoisotopic (exact) mass is 311 g/mol. The maximum absolute atomic E-state index is 12.7. The highest BCUT2D eigenvalue weighted by Crippen LogP contribution is 2.37. The summed E-state index contributed by atoms with van der Waals surface area (Å²) in [7, 11) is 0. The summed E-state index contributed by atoms with van der Waals surface area (Å²) < 4.78 is 76.4. The number of rotatable bonds is 4. The number of hydrogen-bond acceptors (Lipinski definition) is 1. The minimum atomic E-state index is -4.80. The lowest BCUT2D eigenvalue weighted by atomic mass is 10.0. The van der Waals surface area contributed by atoms with Crippen molar-refractivity contribution in [3.8, 4) is 0 Å². The third-order valence-electron chi connectivity index (χ3n) is 3.52. The minimum Gasteiger partial charge on any atom is -0.310 e. The van der Waals surface area contributed by atoms with Gasteiger partial charge in [0.2, 0.25) is 0 Å². The summed E-state index contributed by atoms with van der Waals surface area (Å²) in [5.41, 5.74) is -2.54. The van der Waals surface area contributed by atoms with Gasteiger partial charge in [0, 0.05) is 6.04 Å². The zero-order chi connectivity index (χ0) is 15.8. The molecule has 1 N–H and O–H groups in total. The number of alkyl halides is 6. The highest BCUT2D eigenvalue weighted by Gasteiger charge is 2.37. The van der Waals surface area contributed by atoms with E-state index >= 15 is 0 Å². The molecule has 1 unspecified atom stereocenters. The molecule has 1 fully saturated rings. The number of benzene rings is 1. The molecular formula is C14H15F6N. The van der Waals surface area contributed by atoms with Crippen LogP contribution in [0, 0.1) is 5.92 Å². The van der Waals surface area contributed by atoms with Crippen LogP contribution in [0.4, 0.5) is 26.3 Å². The van der Waals surface area contributed by atoms with Crippen LogP contribution in [-0.2, 0) is 12.4 Å². The summed E-state index contributed by atoms with van der Waals surface area (Å²) in [6.45, 7) is 2.18. The maximum Gasteiger partial charge on any atom is 0.416 e. The first-order chi connectivity index (χ1) is 9.57. The summed E-state index contributed by atoms with van der Waals surface area (Å²) in [6.07, 6.45) is -7.50. The van der Waals surface area contributed by atoms with Crippen molar-refractivity contribution in [2.75, 3.05) is 6.54 Å². The zero-order valence-corrected chi connectivity index (χ0v) is 11.3. The van der Waals surface area contributed by atoms with Gasteiger partial charge in [-0.15, -0.1) is 0 Å². The molecule has 118 valence electrons. The Morgan fingerprint density at radius 3 is 1.86 bits per heavy atom. The van der Waals surface area contributed by atoms with Crippen LogP contribution in [0.25, 0.3) is 0 Å². The molecule has 1 atom stereocenters. The van der Waals surface area contributed by atoms with E-state index in [4.69, 9.17) is 0 Å². The fraction of sp³-hybridized carbons (Fsp3) is 0.571. The SMILES string of the molecule is CC(NCC1CC1)c1cc(C(F)(F)F)cc(C(F)(F)F)c1. The largest absolute Gasteiger partial charge is 0.416 e.